The molecule has 4 rings (SSSR count). The summed E-state index contributed by atoms with van der Waals surface area (Å²) >= 11 is 1.68. The van der Waals surface area contributed by atoms with E-state index < -0.39 is 0 Å². The summed E-state index contributed by atoms with van der Waals surface area (Å²) in [6.07, 6.45) is 8.31. The molecule has 0 saturated carbocycles. The quantitative estimate of drug-likeness (QED) is 0.316. The third kappa shape index (κ3) is 9.91. The standard InChI is InChI=1S/C23H22N2OS.C5H12.C4H10.C2H6/c1-14(2)26-21-10-8-16(11-17(21)12-24)23-25-13-22(27-23)20-6-4-5-18-15(3)7-9-19(18)20;1-4-5(2)3;1-3-4-2;1-2/h4-6,8,10-11,13-15H,7,9H2,1-3H3;5H,4H2,1-3H3;3-4H2,1-2H3;1-2H3. The molecule has 2 aromatic carbocycles. The molecule has 0 N–H and O–H groups in total. The molecule has 3 nitrogen and oxygen atoms in total. The van der Waals surface area contributed by atoms with E-state index in [0.717, 1.165) is 22.9 Å². The Morgan fingerprint density at radius 2 is 1.71 bits per heavy atom. The van der Waals surface area contributed by atoms with Crippen molar-refractivity contribution in [3.05, 3.63) is 59.3 Å². The summed E-state index contributed by atoms with van der Waals surface area (Å²) in [7, 11) is 0. The predicted molar refractivity (Wildman–Crippen MR) is 167 cm³/mol. The van der Waals surface area contributed by atoms with Gasteiger partial charge in [0.1, 0.15) is 16.8 Å². The van der Waals surface area contributed by atoms with Gasteiger partial charge in [-0.15, -0.1) is 11.3 Å². The first kappa shape index (κ1) is 33.4. The van der Waals surface area contributed by atoms with E-state index in [1.807, 2.05) is 52.1 Å². The molecular formula is C34H50N2OS. The number of nitrogens with zero attached hydrogens (tertiary/aromatic N) is 2. The van der Waals surface area contributed by atoms with Gasteiger partial charge in [0, 0.05) is 11.8 Å². The number of ether oxygens (including phenoxy) is 1. The van der Waals surface area contributed by atoms with Crippen molar-refractivity contribution in [1.29, 1.82) is 5.26 Å². The molecule has 0 radical (unpaired) electrons. The molecule has 208 valence electrons. The fourth-order valence-electron chi connectivity index (χ4n) is 3.73. The first-order chi connectivity index (χ1) is 18.2. The van der Waals surface area contributed by atoms with Crippen LogP contribution in [0.15, 0.2) is 42.6 Å². The van der Waals surface area contributed by atoms with Crippen molar-refractivity contribution in [2.75, 3.05) is 0 Å². The minimum absolute atomic E-state index is 0.0389. The van der Waals surface area contributed by atoms with Crippen LogP contribution in [-0.2, 0) is 6.42 Å². The smallest absolute Gasteiger partial charge is 0.137 e. The van der Waals surface area contributed by atoms with E-state index in [4.69, 9.17) is 4.74 Å². The average molecular weight is 535 g/mol. The predicted octanol–water partition coefficient (Wildman–Crippen LogP) is 11.1. The number of rotatable bonds is 6. The van der Waals surface area contributed by atoms with Crippen molar-refractivity contribution in [2.45, 2.75) is 113 Å². The van der Waals surface area contributed by atoms with Crippen molar-refractivity contribution in [3.8, 4) is 32.8 Å². The Bertz CT molecular complexity index is 1120. The van der Waals surface area contributed by atoms with Crippen molar-refractivity contribution >= 4 is 11.3 Å². The third-order valence-electron chi connectivity index (χ3n) is 6.37. The normalized spacial score (nSPS) is 13.3. The number of benzene rings is 2. The molecular weight excluding hydrogens is 484 g/mol. The minimum Gasteiger partial charge on any atom is -0.490 e. The van der Waals surface area contributed by atoms with E-state index in [2.05, 4.69) is 70.8 Å². The first-order valence-electron chi connectivity index (χ1n) is 14.5. The number of nitriles is 1. The van der Waals surface area contributed by atoms with Gasteiger partial charge in [0.05, 0.1) is 16.5 Å². The van der Waals surface area contributed by atoms with Gasteiger partial charge in [0.15, 0.2) is 0 Å². The molecule has 0 spiro atoms. The summed E-state index contributed by atoms with van der Waals surface area (Å²) in [5.41, 5.74) is 5.76. The van der Waals surface area contributed by atoms with Crippen LogP contribution >= 0.6 is 11.3 Å². The van der Waals surface area contributed by atoms with E-state index in [1.54, 1.807) is 11.3 Å². The zero-order valence-corrected chi connectivity index (χ0v) is 26.3. The topological polar surface area (TPSA) is 45.9 Å². The molecule has 1 heterocycles. The van der Waals surface area contributed by atoms with Gasteiger partial charge in [-0.2, -0.15) is 5.26 Å². The fourth-order valence-corrected chi connectivity index (χ4v) is 4.70. The molecule has 0 bridgehead atoms. The van der Waals surface area contributed by atoms with Gasteiger partial charge >= 0.3 is 0 Å². The Hall–Kier alpha value is -2.64. The minimum atomic E-state index is 0.0389. The second-order valence-corrected chi connectivity index (χ2v) is 11.2. The van der Waals surface area contributed by atoms with E-state index in [-0.39, 0.29) is 6.10 Å². The van der Waals surface area contributed by atoms with Crippen LogP contribution in [0, 0.1) is 17.2 Å². The van der Waals surface area contributed by atoms with Crippen molar-refractivity contribution in [1.82, 2.24) is 4.98 Å². The Balaban J connectivity index is 0.000000563. The lowest BCUT2D eigenvalue weighted by atomic mass is 9.99. The van der Waals surface area contributed by atoms with E-state index in [0.29, 0.717) is 17.2 Å². The van der Waals surface area contributed by atoms with Gasteiger partial charge in [0.25, 0.3) is 0 Å². The third-order valence-corrected chi connectivity index (χ3v) is 7.45. The van der Waals surface area contributed by atoms with Crippen molar-refractivity contribution in [2.24, 2.45) is 5.92 Å². The molecule has 1 atom stereocenters. The molecule has 4 heteroatoms. The summed E-state index contributed by atoms with van der Waals surface area (Å²) in [4.78, 5) is 5.83. The summed E-state index contributed by atoms with van der Waals surface area (Å²) in [5, 5.41) is 10.4. The highest BCUT2D eigenvalue weighted by Crippen LogP contribution is 2.41. The SMILES string of the molecule is CC.CC(C)Oc1ccc(-c2ncc(-c3cccc4c3CCC4C)s2)cc1C#N.CCC(C)C.CCCC. The van der Waals surface area contributed by atoms with Crippen LogP contribution in [0.2, 0.25) is 0 Å². The summed E-state index contributed by atoms with van der Waals surface area (Å²) in [6, 6.07) is 14.6. The van der Waals surface area contributed by atoms with Crippen LogP contribution in [0.3, 0.4) is 0 Å². The highest BCUT2D eigenvalue weighted by molar-refractivity contribution is 7.18. The van der Waals surface area contributed by atoms with Crippen LogP contribution in [0.4, 0.5) is 0 Å². The van der Waals surface area contributed by atoms with Crippen LogP contribution in [-0.4, -0.2) is 11.1 Å². The molecule has 0 saturated heterocycles. The van der Waals surface area contributed by atoms with Crippen LogP contribution in [0.5, 0.6) is 5.75 Å². The molecule has 38 heavy (non-hydrogen) atoms. The van der Waals surface area contributed by atoms with Gasteiger partial charge in [-0.3, -0.25) is 0 Å². The zero-order chi connectivity index (χ0) is 28.7. The Kier molecular flexibility index (Phi) is 15.6. The lowest BCUT2D eigenvalue weighted by molar-refractivity contribution is 0.242. The molecule has 0 aliphatic heterocycles. The van der Waals surface area contributed by atoms with Gasteiger partial charge in [0.2, 0.25) is 0 Å². The molecule has 1 aliphatic rings. The number of aromatic nitrogens is 1. The molecule has 1 aliphatic carbocycles. The van der Waals surface area contributed by atoms with Crippen LogP contribution in [0.1, 0.15) is 118 Å². The summed E-state index contributed by atoms with van der Waals surface area (Å²) < 4.78 is 5.72. The maximum absolute atomic E-state index is 9.47. The number of thiazole rings is 1. The zero-order valence-electron chi connectivity index (χ0n) is 25.5. The van der Waals surface area contributed by atoms with Crippen LogP contribution in [0.25, 0.3) is 21.0 Å². The van der Waals surface area contributed by atoms with Crippen LogP contribution < -0.4 is 4.74 Å². The maximum Gasteiger partial charge on any atom is 0.137 e. The summed E-state index contributed by atoms with van der Waals surface area (Å²) in [6.45, 7) is 21.2. The molecule has 0 fully saturated rings. The van der Waals surface area contributed by atoms with E-state index >= 15 is 0 Å². The number of hydrogen-bond acceptors (Lipinski definition) is 4. The lowest BCUT2D eigenvalue weighted by Gasteiger charge is -2.11. The van der Waals surface area contributed by atoms with E-state index in [1.165, 1.54) is 47.3 Å². The maximum atomic E-state index is 9.47. The van der Waals surface area contributed by atoms with Crippen molar-refractivity contribution < 1.29 is 4.74 Å². The first-order valence-corrected chi connectivity index (χ1v) is 15.4. The highest BCUT2D eigenvalue weighted by atomic mass is 32.1. The monoisotopic (exact) mass is 534 g/mol. The number of hydrogen-bond donors (Lipinski definition) is 0. The average Bonchev–Trinajstić information content (AvgIpc) is 3.57. The largest absolute Gasteiger partial charge is 0.490 e. The Labute approximate surface area is 237 Å². The molecule has 1 aromatic heterocycles. The van der Waals surface area contributed by atoms with Gasteiger partial charge in [-0.1, -0.05) is 92.9 Å². The van der Waals surface area contributed by atoms with Gasteiger partial charge in [-0.25, -0.2) is 4.98 Å². The molecule has 0 amide bonds. The second-order valence-electron chi connectivity index (χ2n) is 10.1. The van der Waals surface area contributed by atoms with Gasteiger partial charge < -0.3 is 4.74 Å². The number of fused-ring (bicyclic) bond motifs is 1. The fraction of sp³-hybridized carbons (Fsp3) is 0.529. The van der Waals surface area contributed by atoms with E-state index in [9.17, 15) is 5.26 Å². The molecule has 3 aromatic rings. The highest BCUT2D eigenvalue weighted by Gasteiger charge is 2.22. The summed E-state index contributed by atoms with van der Waals surface area (Å²) in [5.74, 6) is 2.15. The van der Waals surface area contributed by atoms with Gasteiger partial charge in [-0.05, 0) is 73.4 Å². The Morgan fingerprint density at radius 3 is 2.26 bits per heavy atom. The second kappa shape index (κ2) is 17.8. The molecule has 1 unspecified atom stereocenters. The number of unbranched alkanes of at least 4 members (excludes halogenated alkanes) is 1. The van der Waals surface area contributed by atoms with Crippen molar-refractivity contribution in [3.63, 3.8) is 0 Å². The lowest BCUT2D eigenvalue weighted by Crippen LogP contribution is -2.06. The Morgan fingerprint density at radius 1 is 1.05 bits per heavy atom.